The molecule has 0 fully saturated rings. The molecule has 20 heavy (non-hydrogen) atoms. The van der Waals surface area contributed by atoms with Crippen LogP contribution in [0.4, 0.5) is 0 Å². The first-order valence-corrected chi connectivity index (χ1v) is 6.95. The first-order valence-electron chi connectivity index (χ1n) is 6.95. The minimum absolute atomic E-state index is 0.000361. The summed E-state index contributed by atoms with van der Waals surface area (Å²) in [6.45, 7) is 3.01. The fraction of sp³-hybridized carbons (Fsp3) is 0.467. The molecule has 0 saturated heterocycles. The van der Waals surface area contributed by atoms with Crippen molar-refractivity contribution in [1.29, 1.82) is 0 Å². The summed E-state index contributed by atoms with van der Waals surface area (Å²) >= 11 is 0. The van der Waals surface area contributed by atoms with Crippen molar-refractivity contribution in [3.8, 4) is 0 Å². The molecule has 110 valence electrons. The van der Waals surface area contributed by atoms with Crippen molar-refractivity contribution in [1.82, 2.24) is 10.6 Å². The molecule has 0 spiro atoms. The lowest BCUT2D eigenvalue weighted by Gasteiger charge is -2.08. The van der Waals surface area contributed by atoms with Crippen molar-refractivity contribution in [2.45, 2.75) is 32.2 Å². The molecule has 5 nitrogen and oxygen atoms in total. The maximum Gasteiger partial charge on any atom is 0.251 e. The van der Waals surface area contributed by atoms with Gasteiger partial charge in [-0.2, -0.15) is 0 Å². The zero-order valence-corrected chi connectivity index (χ0v) is 11.9. The smallest absolute Gasteiger partial charge is 0.251 e. The molecule has 0 aliphatic rings. The standard InChI is InChI=1S/C15H23N3O2/c1-12(16)9-11-17-14(19)8-5-10-18-15(20)13-6-3-2-4-7-13/h2-4,6-7,12H,5,8-11,16H2,1H3,(H,17,19)(H,18,20). The third-order valence-electron chi connectivity index (χ3n) is 2.82. The number of nitrogens with two attached hydrogens (primary N) is 1. The third-order valence-corrected chi connectivity index (χ3v) is 2.82. The Labute approximate surface area is 119 Å². The number of carbonyl (C=O) groups excluding carboxylic acids is 2. The van der Waals surface area contributed by atoms with Gasteiger partial charge in [-0.25, -0.2) is 0 Å². The molecule has 0 bridgehead atoms. The number of amides is 2. The Bertz CT molecular complexity index is 418. The summed E-state index contributed by atoms with van der Waals surface area (Å²) in [5, 5.41) is 5.59. The van der Waals surface area contributed by atoms with Crippen molar-refractivity contribution in [3.05, 3.63) is 35.9 Å². The molecule has 5 heteroatoms. The van der Waals surface area contributed by atoms with Gasteiger partial charge < -0.3 is 16.4 Å². The topological polar surface area (TPSA) is 84.2 Å². The fourth-order valence-electron chi connectivity index (χ4n) is 1.67. The van der Waals surface area contributed by atoms with Gasteiger partial charge in [-0.3, -0.25) is 9.59 Å². The highest BCUT2D eigenvalue weighted by molar-refractivity contribution is 5.94. The van der Waals surface area contributed by atoms with E-state index in [4.69, 9.17) is 5.73 Å². The summed E-state index contributed by atoms with van der Waals surface area (Å²) in [5.74, 6) is -0.109. The van der Waals surface area contributed by atoms with Gasteiger partial charge in [0.05, 0.1) is 0 Å². The van der Waals surface area contributed by atoms with Gasteiger partial charge in [0.1, 0.15) is 0 Å². The highest BCUT2D eigenvalue weighted by Crippen LogP contribution is 1.98. The van der Waals surface area contributed by atoms with Crippen LogP contribution < -0.4 is 16.4 Å². The molecule has 2 amide bonds. The van der Waals surface area contributed by atoms with E-state index >= 15 is 0 Å². The second-order valence-corrected chi connectivity index (χ2v) is 4.84. The number of nitrogens with one attached hydrogen (secondary N) is 2. The predicted octanol–water partition coefficient (Wildman–Crippen LogP) is 1.05. The van der Waals surface area contributed by atoms with Gasteiger partial charge in [0.25, 0.3) is 5.91 Å². The zero-order chi connectivity index (χ0) is 14.8. The minimum atomic E-state index is -0.108. The van der Waals surface area contributed by atoms with E-state index in [0.717, 1.165) is 6.42 Å². The molecule has 1 unspecified atom stereocenters. The van der Waals surface area contributed by atoms with E-state index in [0.29, 0.717) is 31.5 Å². The number of benzene rings is 1. The molecule has 1 aromatic rings. The Morgan fingerprint density at radius 2 is 1.85 bits per heavy atom. The number of hydrogen-bond donors (Lipinski definition) is 3. The van der Waals surface area contributed by atoms with E-state index in [1.807, 2.05) is 25.1 Å². The zero-order valence-electron chi connectivity index (χ0n) is 11.9. The average molecular weight is 277 g/mol. The van der Waals surface area contributed by atoms with Gasteiger partial charge in [-0.05, 0) is 31.9 Å². The summed E-state index contributed by atoms with van der Waals surface area (Å²) < 4.78 is 0. The molecule has 0 heterocycles. The van der Waals surface area contributed by atoms with Gasteiger partial charge in [0.15, 0.2) is 0 Å². The van der Waals surface area contributed by atoms with Crippen molar-refractivity contribution < 1.29 is 9.59 Å². The molecule has 1 aromatic carbocycles. The summed E-state index contributed by atoms with van der Waals surface area (Å²) in [4.78, 5) is 23.2. The van der Waals surface area contributed by atoms with E-state index in [1.54, 1.807) is 12.1 Å². The monoisotopic (exact) mass is 277 g/mol. The van der Waals surface area contributed by atoms with Crippen molar-refractivity contribution in [2.24, 2.45) is 5.73 Å². The molecule has 0 saturated carbocycles. The minimum Gasteiger partial charge on any atom is -0.356 e. The lowest BCUT2D eigenvalue weighted by atomic mass is 10.2. The quantitative estimate of drug-likeness (QED) is 0.621. The van der Waals surface area contributed by atoms with E-state index in [1.165, 1.54) is 0 Å². The molecule has 0 aliphatic carbocycles. The van der Waals surface area contributed by atoms with E-state index in [9.17, 15) is 9.59 Å². The molecule has 1 rings (SSSR count). The van der Waals surface area contributed by atoms with Crippen molar-refractivity contribution >= 4 is 11.8 Å². The van der Waals surface area contributed by atoms with Crippen LogP contribution in [0.25, 0.3) is 0 Å². The second-order valence-electron chi connectivity index (χ2n) is 4.84. The highest BCUT2D eigenvalue weighted by Gasteiger charge is 2.05. The summed E-state index contributed by atoms with van der Waals surface area (Å²) in [6.07, 6.45) is 1.81. The Morgan fingerprint density at radius 3 is 2.50 bits per heavy atom. The molecular weight excluding hydrogens is 254 g/mol. The Hall–Kier alpha value is -1.88. The van der Waals surface area contributed by atoms with Crippen molar-refractivity contribution in [3.63, 3.8) is 0 Å². The maximum absolute atomic E-state index is 11.7. The maximum atomic E-state index is 11.7. The predicted molar refractivity (Wildman–Crippen MR) is 79.3 cm³/mol. The molecular formula is C15H23N3O2. The third kappa shape index (κ3) is 6.89. The lowest BCUT2D eigenvalue weighted by molar-refractivity contribution is -0.121. The Kier molecular flexibility index (Phi) is 7.35. The molecule has 0 aliphatic heterocycles. The highest BCUT2D eigenvalue weighted by atomic mass is 16.2. The van der Waals surface area contributed by atoms with E-state index < -0.39 is 0 Å². The molecule has 0 aromatic heterocycles. The molecule has 4 N–H and O–H groups in total. The van der Waals surface area contributed by atoms with Gasteiger partial charge >= 0.3 is 0 Å². The van der Waals surface area contributed by atoms with Gasteiger partial charge in [0.2, 0.25) is 5.91 Å². The normalized spacial score (nSPS) is 11.7. The van der Waals surface area contributed by atoms with Crippen LogP contribution in [0.1, 0.15) is 36.5 Å². The van der Waals surface area contributed by atoms with Crippen LogP contribution in [-0.2, 0) is 4.79 Å². The lowest BCUT2D eigenvalue weighted by Crippen LogP contribution is -2.30. The first-order chi connectivity index (χ1) is 9.59. The van der Waals surface area contributed by atoms with Gasteiger partial charge in [-0.1, -0.05) is 18.2 Å². The van der Waals surface area contributed by atoms with Crippen LogP contribution in [-0.4, -0.2) is 30.9 Å². The van der Waals surface area contributed by atoms with Crippen LogP contribution in [0, 0.1) is 0 Å². The van der Waals surface area contributed by atoms with Crippen molar-refractivity contribution in [2.75, 3.05) is 13.1 Å². The second kappa shape index (κ2) is 9.09. The SMILES string of the molecule is CC(N)CCNC(=O)CCCNC(=O)c1ccccc1. The number of carbonyl (C=O) groups is 2. The molecule has 0 radical (unpaired) electrons. The van der Waals surface area contributed by atoms with E-state index in [-0.39, 0.29) is 17.9 Å². The molecule has 1 atom stereocenters. The largest absolute Gasteiger partial charge is 0.356 e. The number of rotatable bonds is 8. The Morgan fingerprint density at radius 1 is 1.15 bits per heavy atom. The van der Waals surface area contributed by atoms with Crippen LogP contribution in [0.3, 0.4) is 0 Å². The first kappa shape index (κ1) is 16.2. The van der Waals surface area contributed by atoms with Crippen LogP contribution >= 0.6 is 0 Å². The van der Waals surface area contributed by atoms with Gasteiger partial charge in [-0.15, -0.1) is 0 Å². The van der Waals surface area contributed by atoms with Crippen LogP contribution in [0.15, 0.2) is 30.3 Å². The fourth-order valence-corrected chi connectivity index (χ4v) is 1.67. The van der Waals surface area contributed by atoms with E-state index in [2.05, 4.69) is 10.6 Å². The average Bonchev–Trinajstić information content (AvgIpc) is 2.44. The Balaban J connectivity index is 2.10. The summed E-state index contributed by atoms with van der Waals surface area (Å²) in [7, 11) is 0. The van der Waals surface area contributed by atoms with Crippen LogP contribution in [0.5, 0.6) is 0 Å². The summed E-state index contributed by atoms with van der Waals surface area (Å²) in [6, 6.07) is 9.12. The van der Waals surface area contributed by atoms with Crippen LogP contribution in [0.2, 0.25) is 0 Å². The summed E-state index contributed by atoms with van der Waals surface area (Å²) in [5.41, 5.74) is 6.22. The number of hydrogen-bond acceptors (Lipinski definition) is 3. The van der Waals surface area contributed by atoms with Gasteiger partial charge in [0, 0.05) is 31.1 Å².